The van der Waals surface area contributed by atoms with Crippen molar-refractivity contribution in [2.45, 2.75) is 85.1 Å². The van der Waals surface area contributed by atoms with E-state index in [9.17, 15) is 4.79 Å². The van der Waals surface area contributed by atoms with Crippen LogP contribution in [0.5, 0.6) is 0 Å². The predicted octanol–water partition coefficient (Wildman–Crippen LogP) is 4.23. The maximum Gasteiger partial charge on any atom is 0.262 e. The molecule has 34 heavy (non-hydrogen) atoms. The van der Waals surface area contributed by atoms with Crippen molar-refractivity contribution in [3.8, 4) is 0 Å². The smallest absolute Gasteiger partial charge is 0.262 e. The van der Waals surface area contributed by atoms with Gasteiger partial charge in [0.15, 0.2) is 0 Å². The Morgan fingerprint density at radius 2 is 1.82 bits per heavy atom. The van der Waals surface area contributed by atoms with Gasteiger partial charge in [0, 0.05) is 25.3 Å². The normalized spacial score (nSPS) is 25.8. The van der Waals surface area contributed by atoms with E-state index in [1.54, 1.807) is 6.08 Å². The minimum atomic E-state index is -4.89. The van der Waals surface area contributed by atoms with E-state index in [1.807, 2.05) is 0 Å². The summed E-state index contributed by atoms with van der Waals surface area (Å²) in [6, 6.07) is 0.763. The number of amides is 1. The van der Waals surface area contributed by atoms with E-state index in [-0.39, 0.29) is 5.91 Å². The molecule has 0 aromatic rings. The van der Waals surface area contributed by atoms with Crippen LogP contribution in [-0.4, -0.2) is 52.9 Å². The fourth-order valence-electron chi connectivity index (χ4n) is 5.14. The number of carbonyl (C=O) groups is 1. The number of allylic oxidation sites excluding steroid dienone is 5. The maximum absolute atomic E-state index is 12.3. The fourth-order valence-corrected chi connectivity index (χ4v) is 5.14. The number of hydrogen-bond acceptors (Lipinski definition) is 3. The SMILES string of the molecule is CC(C)=CCC/C(C)=C/CC[C@H](C)/C=C/C(=O)NC[C@@H]1CC[N@+]2(C)CCCC[C@H]12.O=P([O-])(O)O. The molecule has 2 saturated heterocycles. The van der Waals surface area contributed by atoms with Gasteiger partial charge in [-0.1, -0.05) is 36.3 Å². The molecular formula is C26H47N2O5P. The third-order valence-electron chi connectivity index (χ3n) is 7.10. The molecule has 0 bridgehead atoms. The third-order valence-corrected chi connectivity index (χ3v) is 7.10. The fraction of sp³-hybridized carbons (Fsp3) is 0.731. The highest BCUT2D eigenvalue weighted by Crippen LogP contribution is 2.36. The summed E-state index contributed by atoms with van der Waals surface area (Å²) in [6.07, 6.45) is 18.3. The molecular weight excluding hydrogens is 451 g/mol. The van der Waals surface area contributed by atoms with Gasteiger partial charge in [0.05, 0.1) is 26.2 Å². The zero-order valence-corrected chi connectivity index (χ0v) is 22.7. The largest absolute Gasteiger partial charge is 0.756 e. The number of nitrogens with zero attached hydrogens (tertiary/aromatic N) is 1. The monoisotopic (exact) mass is 498 g/mol. The van der Waals surface area contributed by atoms with Crippen molar-refractivity contribution >= 4 is 13.7 Å². The zero-order valence-electron chi connectivity index (χ0n) is 21.8. The molecule has 2 fully saturated rings. The van der Waals surface area contributed by atoms with Gasteiger partial charge in [0.25, 0.3) is 7.82 Å². The Morgan fingerprint density at radius 3 is 2.47 bits per heavy atom. The molecule has 0 aromatic carbocycles. The highest BCUT2D eigenvalue weighted by molar-refractivity contribution is 7.43. The number of phosphoric acid groups is 1. The first-order valence-corrected chi connectivity index (χ1v) is 14.2. The Bertz CT molecular complexity index is 761. The van der Waals surface area contributed by atoms with E-state index in [0.717, 1.165) is 38.3 Å². The first-order chi connectivity index (χ1) is 15.8. The van der Waals surface area contributed by atoms with Crippen molar-refractivity contribution in [3.63, 3.8) is 0 Å². The summed E-state index contributed by atoms with van der Waals surface area (Å²) in [6.45, 7) is 12.2. The number of piperidine rings is 1. The highest BCUT2D eigenvalue weighted by Gasteiger charge is 2.46. The Hall–Kier alpha value is -1.24. The molecule has 2 rings (SSSR count). The van der Waals surface area contributed by atoms with E-state index in [0.29, 0.717) is 11.8 Å². The van der Waals surface area contributed by atoms with Gasteiger partial charge in [-0.15, -0.1) is 0 Å². The summed E-state index contributed by atoms with van der Waals surface area (Å²) in [4.78, 5) is 35.2. The number of quaternary nitrogens is 1. The Morgan fingerprint density at radius 1 is 1.15 bits per heavy atom. The van der Waals surface area contributed by atoms with Crippen molar-refractivity contribution in [2.75, 3.05) is 26.7 Å². The maximum atomic E-state index is 12.3. The summed E-state index contributed by atoms with van der Waals surface area (Å²) in [5.74, 6) is 1.18. The quantitative estimate of drug-likeness (QED) is 0.181. The number of fused-ring (bicyclic) bond motifs is 1. The van der Waals surface area contributed by atoms with Gasteiger partial charge >= 0.3 is 0 Å². The topological polar surface area (TPSA) is 110 Å². The Labute approximate surface area is 206 Å². The molecule has 196 valence electrons. The van der Waals surface area contributed by atoms with Gasteiger partial charge in [-0.05, 0) is 71.3 Å². The molecule has 0 unspecified atom stereocenters. The van der Waals surface area contributed by atoms with Crippen LogP contribution in [0, 0.1) is 11.8 Å². The van der Waals surface area contributed by atoms with Crippen molar-refractivity contribution in [2.24, 2.45) is 11.8 Å². The lowest BCUT2D eigenvalue weighted by Gasteiger charge is -2.41. The first kappa shape index (κ1) is 30.8. The molecule has 0 aliphatic carbocycles. The summed E-state index contributed by atoms with van der Waals surface area (Å²) < 4.78 is 10.0. The number of carbonyl (C=O) groups excluding carboxylic acids is 1. The number of nitrogens with one attached hydrogen (secondary N) is 1. The first-order valence-electron chi connectivity index (χ1n) is 12.7. The van der Waals surface area contributed by atoms with Crippen molar-refractivity contribution in [1.82, 2.24) is 5.32 Å². The third kappa shape index (κ3) is 13.6. The molecule has 2 aliphatic heterocycles. The molecule has 2 aliphatic rings. The lowest BCUT2D eigenvalue weighted by Crippen LogP contribution is -2.53. The molecule has 0 spiro atoms. The van der Waals surface area contributed by atoms with Crippen LogP contribution >= 0.6 is 7.82 Å². The summed E-state index contributed by atoms with van der Waals surface area (Å²) in [5, 5.41) is 3.18. The average Bonchev–Trinajstić information content (AvgIpc) is 3.05. The Balaban J connectivity index is 0.00000104. The van der Waals surface area contributed by atoms with Crippen LogP contribution in [0.1, 0.15) is 79.1 Å². The van der Waals surface area contributed by atoms with E-state index in [1.165, 1.54) is 54.4 Å². The van der Waals surface area contributed by atoms with E-state index in [4.69, 9.17) is 19.2 Å². The van der Waals surface area contributed by atoms with Gasteiger partial charge in [-0.25, -0.2) is 0 Å². The molecule has 7 nitrogen and oxygen atoms in total. The van der Waals surface area contributed by atoms with Gasteiger partial charge < -0.3 is 24.5 Å². The Kier molecular flexibility index (Phi) is 13.6. The number of hydrogen-bond donors (Lipinski definition) is 3. The zero-order chi connectivity index (χ0) is 25.8. The second-order valence-electron chi connectivity index (χ2n) is 10.6. The van der Waals surface area contributed by atoms with Crippen LogP contribution < -0.4 is 10.2 Å². The van der Waals surface area contributed by atoms with Crippen LogP contribution in [0.4, 0.5) is 0 Å². The van der Waals surface area contributed by atoms with Crippen LogP contribution in [0.3, 0.4) is 0 Å². The van der Waals surface area contributed by atoms with Crippen LogP contribution in [0.15, 0.2) is 35.5 Å². The highest BCUT2D eigenvalue weighted by atomic mass is 31.2. The standard InChI is InChI=1S/C26H44N2O.H3O4P/c1-21(2)10-8-11-22(3)12-9-13-23(4)15-16-26(29)27-20-24-17-19-28(5)18-7-6-14-25(24)28;1-5(2,3)4/h10,12,15-16,23-25H,6-9,11,13-14,17-20H2,1-5H3;(H3,1,2,3,4)/b16-15+,22-12+;/t23-,24-,25+,28-;/m0./s1. The van der Waals surface area contributed by atoms with Crippen molar-refractivity contribution < 1.29 is 28.5 Å². The van der Waals surface area contributed by atoms with Crippen LogP contribution in [0.25, 0.3) is 0 Å². The molecule has 4 atom stereocenters. The van der Waals surface area contributed by atoms with E-state index in [2.05, 4.69) is 58.3 Å². The molecule has 2 heterocycles. The lowest BCUT2D eigenvalue weighted by molar-refractivity contribution is -0.927. The van der Waals surface area contributed by atoms with Gasteiger partial charge in [-0.2, -0.15) is 0 Å². The van der Waals surface area contributed by atoms with Crippen LogP contribution in [-0.2, 0) is 9.36 Å². The van der Waals surface area contributed by atoms with Gasteiger partial charge in [-0.3, -0.25) is 9.36 Å². The summed E-state index contributed by atoms with van der Waals surface area (Å²) in [5.41, 5.74) is 2.87. The molecule has 3 N–H and O–H groups in total. The molecule has 0 aromatic heterocycles. The van der Waals surface area contributed by atoms with Crippen molar-refractivity contribution in [3.05, 3.63) is 35.5 Å². The predicted molar refractivity (Wildman–Crippen MR) is 137 cm³/mol. The van der Waals surface area contributed by atoms with Gasteiger partial charge in [0.1, 0.15) is 0 Å². The van der Waals surface area contributed by atoms with Crippen molar-refractivity contribution in [1.29, 1.82) is 0 Å². The summed E-state index contributed by atoms with van der Waals surface area (Å²) >= 11 is 0. The molecule has 0 radical (unpaired) electrons. The minimum absolute atomic E-state index is 0.0854. The van der Waals surface area contributed by atoms with Crippen LogP contribution in [0.2, 0.25) is 0 Å². The van der Waals surface area contributed by atoms with Gasteiger partial charge in [0.2, 0.25) is 5.91 Å². The molecule has 1 amide bonds. The van der Waals surface area contributed by atoms with E-state index < -0.39 is 7.82 Å². The average molecular weight is 499 g/mol. The minimum Gasteiger partial charge on any atom is -0.756 e. The van der Waals surface area contributed by atoms with E-state index >= 15 is 0 Å². The second kappa shape index (κ2) is 15.0. The second-order valence-corrected chi connectivity index (χ2v) is 11.5. The number of rotatable bonds is 10. The molecule has 0 saturated carbocycles. The summed E-state index contributed by atoms with van der Waals surface area (Å²) in [7, 11) is -2.47. The lowest BCUT2D eigenvalue weighted by atomic mass is 9.92. The molecule has 8 heteroatoms.